The molecular weight excluding hydrogens is 829 g/mol. The highest BCUT2D eigenvalue weighted by Crippen LogP contribution is 2.41. The Kier molecular flexibility index (Phi) is 21.2. The standard InChI is InChI=1S/C56H64N2O4S2/c57-42-45-19-23-47(24-20-45)49-27-31-51(32-28-49)59-36-15-11-7-3-1-5-9-13-17-38-61-53-41-55(64-44-53)56-54(35-40-63-56)62-39-18-14-10-6-2-4-8-12-16-37-60-52-33-29-50(30-34-52)48-25-21-46(43-58)22-26-48/h19-35,40-41,44H,1-18,36-39H2. The molecule has 0 aliphatic carbocycles. The van der Waals surface area contributed by atoms with Crippen molar-refractivity contribution in [2.24, 2.45) is 0 Å². The molecule has 4 aromatic carbocycles. The average Bonchev–Trinajstić information content (AvgIpc) is 4.02. The fraction of sp³-hybridized carbons (Fsp3) is 0.393. The minimum atomic E-state index is 0.678. The summed E-state index contributed by atoms with van der Waals surface area (Å²) in [6, 6.07) is 40.4. The number of hydrogen-bond donors (Lipinski definition) is 0. The molecule has 0 saturated heterocycles. The first-order chi connectivity index (χ1) is 31.7. The predicted molar refractivity (Wildman–Crippen MR) is 266 cm³/mol. The molecule has 64 heavy (non-hydrogen) atoms. The van der Waals surface area contributed by atoms with Gasteiger partial charge in [-0.05, 0) is 114 Å². The van der Waals surface area contributed by atoms with Gasteiger partial charge < -0.3 is 18.9 Å². The van der Waals surface area contributed by atoms with Gasteiger partial charge in [0.05, 0.1) is 59.4 Å². The third-order valence-electron chi connectivity index (χ3n) is 11.5. The number of nitriles is 2. The molecule has 6 nitrogen and oxygen atoms in total. The molecule has 0 amide bonds. The first-order valence-corrected chi connectivity index (χ1v) is 25.3. The van der Waals surface area contributed by atoms with Crippen molar-refractivity contribution in [3.8, 4) is 67.1 Å². The van der Waals surface area contributed by atoms with Gasteiger partial charge in [-0.25, -0.2) is 0 Å². The molecule has 0 N–H and O–H groups in total. The highest BCUT2D eigenvalue weighted by atomic mass is 32.1. The monoisotopic (exact) mass is 892 g/mol. The average molecular weight is 893 g/mol. The van der Waals surface area contributed by atoms with Crippen LogP contribution in [0, 0.1) is 22.7 Å². The van der Waals surface area contributed by atoms with Crippen LogP contribution in [0.3, 0.4) is 0 Å². The largest absolute Gasteiger partial charge is 0.494 e. The molecule has 0 spiro atoms. The molecule has 0 unspecified atom stereocenters. The fourth-order valence-corrected chi connectivity index (χ4v) is 9.51. The maximum absolute atomic E-state index is 9.00. The summed E-state index contributed by atoms with van der Waals surface area (Å²) in [5.74, 6) is 3.80. The van der Waals surface area contributed by atoms with Crippen molar-refractivity contribution < 1.29 is 18.9 Å². The lowest BCUT2D eigenvalue weighted by Gasteiger charge is -2.08. The predicted octanol–water partition coefficient (Wildman–Crippen LogP) is 16.5. The van der Waals surface area contributed by atoms with Crippen LogP contribution < -0.4 is 18.9 Å². The van der Waals surface area contributed by atoms with E-state index >= 15 is 0 Å². The number of nitrogens with zero attached hydrogens (tertiary/aromatic N) is 2. The molecule has 0 fully saturated rings. The van der Waals surface area contributed by atoms with Crippen molar-refractivity contribution in [1.29, 1.82) is 10.5 Å². The van der Waals surface area contributed by atoms with E-state index in [1.165, 1.54) is 99.6 Å². The van der Waals surface area contributed by atoms with Gasteiger partial charge >= 0.3 is 0 Å². The Morgan fingerprint density at radius 3 is 1.09 bits per heavy atom. The maximum atomic E-state index is 9.00. The van der Waals surface area contributed by atoms with Crippen LogP contribution in [0.15, 0.2) is 120 Å². The number of unbranched alkanes of at least 4 members (excludes halogenated alkanes) is 16. The zero-order valence-electron chi connectivity index (χ0n) is 37.4. The Labute approximate surface area is 390 Å². The van der Waals surface area contributed by atoms with Crippen LogP contribution in [0.5, 0.6) is 23.0 Å². The maximum Gasteiger partial charge on any atom is 0.138 e. The normalized spacial score (nSPS) is 10.9. The zero-order valence-corrected chi connectivity index (χ0v) is 39.1. The lowest BCUT2D eigenvalue weighted by Crippen LogP contribution is -1.97. The van der Waals surface area contributed by atoms with Crippen LogP contribution in [0.2, 0.25) is 0 Å². The second-order valence-corrected chi connectivity index (χ2v) is 18.3. The van der Waals surface area contributed by atoms with E-state index in [9.17, 15) is 0 Å². The van der Waals surface area contributed by atoms with E-state index in [1.807, 2.05) is 72.8 Å². The van der Waals surface area contributed by atoms with Gasteiger partial charge in [0.15, 0.2) is 0 Å². The summed E-state index contributed by atoms with van der Waals surface area (Å²) < 4.78 is 24.3. The van der Waals surface area contributed by atoms with E-state index in [0.717, 1.165) is 97.4 Å². The van der Waals surface area contributed by atoms with Crippen molar-refractivity contribution in [3.05, 3.63) is 131 Å². The van der Waals surface area contributed by atoms with Crippen molar-refractivity contribution in [2.75, 3.05) is 26.4 Å². The Morgan fingerprint density at radius 2 is 0.703 bits per heavy atom. The summed E-state index contributed by atoms with van der Waals surface area (Å²) in [7, 11) is 0. The van der Waals surface area contributed by atoms with Gasteiger partial charge in [0.1, 0.15) is 23.0 Å². The summed E-state index contributed by atoms with van der Waals surface area (Å²) >= 11 is 3.49. The molecule has 6 aromatic rings. The summed E-state index contributed by atoms with van der Waals surface area (Å²) in [6.07, 6.45) is 22.1. The Hall–Kier alpha value is -5.54. The van der Waals surface area contributed by atoms with Crippen molar-refractivity contribution >= 4 is 22.7 Å². The van der Waals surface area contributed by atoms with Gasteiger partial charge in [0.25, 0.3) is 0 Å². The molecule has 0 aliphatic heterocycles. The van der Waals surface area contributed by atoms with Gasteiger partial charge in [-0.2, -0.15) is 10.5 Å². The van der Waals surface area contributed by atoms with Gasteiger partial charge in [0, 0.05) is 5.38 Å². The first kappa shape index (κ1) is 47.9. The SMILES string of the molecule is N#Cc1ccc(-c2ccc(OCCCCCCCCCCCOc3csc(-c4sccc4OCCCCCCCCCCCOc4ccc(-c5ccc(C#N)cc5)cc4)c3)cc2)cc1. The van der Waals surface area contributed by atoms with Crippen LogP contribution in [0.4, 0.5) is 0 Å². The van der Waals surface area contributed by atoms with Crippen molar-refractivity contribution in [2.45, 2.75) is 116 Å². The van der Waals surface area contributed by atoms with Gasteiger partial charge in [-0.3, -0.25) is 0 Å². The van der Waals surface area contributed by atoms with E-state index in [2.05, 4.69) is 59.3 Å². The molecule has 6 rings (SSSR count). The molecular formula is C56H64N2O4S2. The number of hydrogen-bond acceptors (Lipinski definition) is 8. The van der Waals surface area contributed by atoms with Crippen molar-refractivity contribution in [1.82, 2.24) is 0 Å². The first-order valence-electron chi connectivity index (χ1n) is 23.6. The molecule has 0 radical (unpaired) electrons. The van der Waals surface area contributed by atoms with Crippen LogP contribution in [-0.4, -0.2) is 26.4 Å². The summed E-state index contributed by atoms with van der Waals surface area (Å²) in [6.45, 7) is 3.06. The molecule has 0 aliphatic rings. The van der Waals surface area contributed by atoms with Crippen molar-refractivity contribution in [3.63, 3.8) is 0 Å². The lowest BCUT2D eigenvalue weighted by molar-refractivity contribution is 0.303. The highest BCUT2D eigenvalue weighted by Gasteiger charge is 2.12. The van der Waals surface area contributed by atoms with Gasteiger partial charge in [-0.15, -0.1) is 22.7 Å². The van der Waals surface area contributed by atoms with E-state index in [1.54, 1.807) is 22.7 Å². The third kappa shape index (κ3) is 16.9. The second-order valence-electron chi connectivity index (χ2n) is 16.4. The van der Waals surface area contributed by atoms with Crippen LogP contribution in [-0.2, 0) is 0 Å². The molecule has 0 atom stereocenters. The summed E-state index contributed by atoms with van der Waals surface area (Å²) in [5, 5.41) is 22.3. The number of thiophene rings is 2. The van der Waals surface area contributed by atoms with Crippen LogP contribution in [0.1, 0.15) is 127 Å². The second kappa shape index (κ2) is 28.3. The van der Waals surface area contributed by atoms with E-state index in [0.29, 0.717) is 11.1 Å². The number of benzene rings is 4. The minimum Gasteiger partial charge on any atom is -0.494 e. The van der Waals surface area contributed by atoms with E-state index in [4.69, 9.17) is 29.5 Å². The summed E-state index contributed by atoms with van der Waals surface area (Å²) in [4.78, 5) is 2.43. The van der Waals surface area contributed by atoms with Crippen LogP contribution in [0.25, 0.3) is 32.0 Å². The van der Waals surface area contributed by atoms with E-state index in [-0.39, 0.29) is 0 Å². The van der Waals surface area contributed by atoms with Gasteiger partial charge in [0.2, 0.25) is 0 Å². The quantitative estimate of drug-likeness (QED) is 0.0404. The molecule has 0 saturated carbocycles. The third-order valence-corrected chi connectivity index (χ3v) is 13.5. The van der Waals surface area contributed by atoms with Crippen LogP contribution >= 0.6 is 22.7 Å². The number of ether oxygens (including phenoxy) is 4. The minimum absolute atomic E-state index is 0.678. The Morgan fingerprint density at radius 1 is 0.359 bits per heavy atom. The molecule has 0 bridgehead atoms. The zero-order chi connectivity index (χ0) is 44.3. The lowest BCUT2D eigenvalue weighted by atomic mass is 10.0. The Balaban J connectivity index is 0.700. The van der Waals surface area contributed by atoms with E-state index < -0.39 is 0 Å². The highest BCUT2D eigenvalue weighted by molar-refractivity contribution is 7.20. The fourth-order valence-electron chi connectivity index (χ4n) is 7.70. The molecule has 8 heteroatoms. The van der Waals surface area contributed by atoms with Gasteiger partial charge in [-0.1, -0.05) is 138 Å². The Bertz CT molecular complexity index is 2270. The molecule has 334 valence electrons. The molecule has 2 heterocycles. The smallest absolute Gasteiger partial charge is 0.138 e. The molecule has 2 aromatic heterocycles. The number of rotatable bonds is 31. The topological polar surface area (TPSA) is 84.5 Å². The summed E-state index contributed by atoms with van der Waals surface area (Å²) in [5.41, 5.74) is 5.82.